The third kappa shape index (κ3) is 9.39. The van der Waals surface area contributed by atoms with Gasteiger partial charge in [-0.3, -0.25) is 14.4 Å². The lowest BCUT2D eigenvalue weighted by atomic mass is 9.98. The molecule has 0 fully saturated rings. The Kier molecular flexibility index (Phi) is 12.1. The molecule has 12 heteroatoms. The summed E-state index contributed by atoms with van der Waals surface area (Å²) in [5.74, 6) is -3.73. The number of aliphatic hydroxyl groups excluding tert-OH is 1. The second-order valence-electron chi connectivity index (χ2n) is 11.8. The number of amides is 4. The number of carboxylic acid groups (broad SMARTS) is 1. The van der Waals surface area contributed by atoms with E-state index in [2.05, 4.69) is 21.3 Å². The Balaban J connectivity index is 1.35. The highest BCUT2D eigenvalue weighted by Crippen LogP contribution is 2.44. The number of hydrogen-bond donors (Lipinski definition) is 6. The molecular formula is C35H40N4O8. The molecule has 0 bridgehead atoms. The molecule has 0 spiro atoms. The molecule has 248 valence electrons. The SMILES string of the molecule is CC(C)C[C@H](NC(=O)CNC(=O)OCC1c2ccccc2-c2ccccc21)C(=O)N[C@@H](Cc1ccccc1)C(=O)N[C@@H](CO)C(=O)O. The Labute approximate surface area is 272 Å². The first-order valence-corrected chi connectivity index (χ1v) is 15.4. The zero-order valence-corrected chi connectivity index (χ0v) is 26.3. The second-order valence-corrected chi connectivity index (χ2v) is 11.8. The van der Waals surface area contributed by atoms with Crippen LogP contribution in [-0.4, -0.2) is 77.9 Å². The quantitative estimate of drug-likeness (QED) is 0.146. The lowest BCUT2D eigenvalue weighted by molar-refractivity contribution is -0.143. The van der Waals surface area contributed by atoms with E-state index >= 15 is 0 Å². The molecule has 3 atom stereocenters. The minimum absolute atomic E-state index is 0.0296. The van der Waals surface area contributed by atoms with Gasteiger partial charge in [0.05, 0.1) is 6.61 Å². The molecule has 1 aliphatic carbocycles. The highest BCUT2D eigenvalue weighted by Gasteiger charge is 2.31. The molecular weight excluding hydrogens is 604 g/mol. The number of hydrogen-bond acceptors (Lipinski definition) is 7. The van der Waals surface area contributed by atoms with Crippen LogP contribution in [0.3, 0.4) is 0 Å². The van der Waals surface area contributed by atoms with Gasteiger partial charge in [0.15, 0.2) is 0 Å². The highest BCUT2D eigenvalue weighted by atomic mass is 16.5. The molecule has 0 heterocycles. The van der Waals surface area contributed by atoms with Gasteiger partial charge in [0.25, 0.3) is 0 Å². The van der Waals surface area contributed by atoms with Crippen molar-refractivity contribution in [1.29, 1.82) is 0 Å². The van der Waals surface area contributed by atoms with Gasteiger partial charge in [0.2, 0.25) is 17.7 Å². The van der Waals surface area contributed by atoms with Gasteiger partial charge in [-0.25, -0.2) is 9.59 Å². The van der Waals surface area contributed by atoms with E-state index in [0.717, 1.165) is 22.3 Å². The number of nitrogens with one attached hydrogen (secondary N) is 4. The molecule has 4 amide bonds. The molecule has 0 aliphatic heterocycles. The zero-order valence-electron chi connectivity index (χ0n) is 26.3. The molecule has 3 aromatic carbocycles. The topological polar surface area (TPSA) is 183 Å². The van der Waals surface area contributed by atoms with E-state index in [1.165, 1.54) is 0 Å². The normalized spacial score (nSPS) is 13.8. The molecule has 1 aliphatic rings. The first kappa shape index (κ1) is 34.6. The number of carboxylic acids is 1. The maximum absolute atomic E-state index is 13.4. The Morgan fingerprint density at radius 1 is 0.745 bits per heavy atom. The number of carbonyl (C=O) groups is 5. The van der Waals surface area contributed by atoms with Crippen molar-refractivity contribution >= 4 is 29.8 Å². The average Bonchev–Trinajstić information content (AvgIpc) is 3.38. The molecule has 47 heavy (non-hydrogen) atoms. The van der Waals surface area contributed by atoms with E-state index in [-0.39, 0.29) is 31.3 Å². The predicted octanol–water partition coefficient (Wildman–Crippen LogP) is 2.35. The summed E-state index contributed by atoms with van der Waals surface area (Å²) in [6.07, 6.45) is -0.540. The number of aliphatic carboxylic acids is 1. The summed E-state index contributed by atoms with van der Waals surface area (Å²) in [5, 5.41) is 28.6. The summed E-state index contributed by atoms with van der Waals surface area (Å²) < 4.78 is 5.49. The molecule has 0 saturated heterocycles. The number of rotatable bonds is 15. The minimum Gasteiger partial charge on any atom is -0.480 e. The van der Waals surface area contributed by atoms with Gasteiger partial charge in [-0.1, -0.05) is 92.7 Å². The van der Waals surface area contributed by atoms with Crippen molar-refractivity contribution in [1.82, 2.24) is 21.3 Å². The molecule has 0 saturated carbocycles. The molecule has 12 nitrogen and oxygen atoms in total. The maximum Gasteiger partial charge on any atom is 0.407 e. The average molecular weight is 645 g/mol. The summed E-state index contributed by atoms with van der Waals surface area (Å²) in [7, 11) is 0. The minimum atomic E-state index is -1.56. The van der Waals surface area contributed by atoms with Crippen molar-refractivity contribution < 1.29 is 38.9 Å². The maximum atomic E-state index is 13.4. The predicted molar refractivity (Wildman–Crippen MR) is 173 cm³/mol. The van der Waals surface area contributed by atoms with Gasteiger partial charge in [0.1, 0.15) is 31.3 Å². The third-order valence-corrected chi connectivity index (χ3v) is 7.81. The van der Waals surface area contributed by atoms with Crippen LogP contribution in [0.25, 0.3) is 11.1 Å². The Hall–Kier alpha value is -5.23. The summed E-state index contributed by atoms with van der Waals surface area (Å²) in [4.78, 5) is 63.3. The summed E-state index contributed by atoms with van der Waals surface area (Å²) in [6, 6.07) is 20.8. The smallest absolute Gasteiger partial charge is 0.407 e. The van der Waals surface area contributed by atoms with Crippen molar-refractivity contribution in [2.24, 2.45) is 5.92 Å². The lowest BCUT2D eigenvalue weighted by Gasteiger charge is -2.25. The lowest BCUT2D eigenvalue weighted by Crippen LogP contribution is -2.57. The standard InChI is InChI=1S/C35H40N4O8/c1-21(2)16-28(32(42)38-29(17-22-10-4-3-5-11-22)33(43)39-30(19-40)34(44)45)37-31(41)18-36-35(46)47-20-27-25-14-8-6-12-23(25)24-13-7-9-15-26(24)27/h3-15,21,27-30,40H,16-20H2,1-2H3,(H,36,46)(H,37,41)(H,38,42)(H,39,43)(H,44,45)/t28-,29-,30-/m0/s1. The molecule has 4 rings (SSSR count). The van der Waals surface area contributed by atoms with Crippen molar-refractivity contribution in [2.75, 3.05) is 19.8 Å². The Morgan fingerprint density at radius 3 is 1.87 bits per heavy atom. The van der Waals surface area contributed by atoms with Crippen LogP contribution in [-0.2, 0) is 30.3 Å². The number of ether oxygens (including phenoxy) is 1. The summed E-state index contributed by atoms with van der Waals surface area (Å²) >= 11 is 0. The fourth-order valence-electron chi connectivity index (χ4n) is 5.54. The second kappa shape index (κ2) is 16.4. The van der Waals surface area contributed by atoms with Crippen LogP contribution in [0.4, 0.5) is 4.79 Å². The number of fused-ring (bicyclic) bond motifs is 3. The zero-order chi connectivity index (χ0) is 33.9. The summed E-state index contributed by atoms with van der Waals surface area (Å²) in [6.45, 7) is 2.49. The van der Waals surface area contributed by atoms with Gasteiger partial charge in [0, 0.05) is 12.3 Å². The number of alkyl carbamates (subject to hydrolysis) is 1. The molecule has 0 radical (unpaired) electrons. The molecule has 0 aromatic heterocycles. The van der Waals surface area contributed by atoms with Gasteiger partial charge >= 0.3 is 12.1 Å². The summed E-state index contributed by atoms with van der Waals surface area (Å²) in [5.41, 5.74) is 4.97. The fourth-order valence-corrected chi connectivity index (χ4v) is 5.54. The van der Waals surface area contributed by atoms with Crippen molar-refractivity contribution in [2.45, 2.75) is 50.7 Å². The van der Waals surface area contributed by atoms with E-state index in [9.17, 15) is 34.2 Å². The van der Waals surface area contributed by atoms with E-state index in [4.69, 9.17) is 4.74 Å². The van der Waals surface area contributed by atoms with Gasteiger partial charge in [-0.15, -0.1) is 0 Å². The van der Waals surface area contributed by atoms with Crippen LogP contribution in [0.1, 0.15) is 42.9 Å². The van der Waals surface area contributed by atoms with Crippen molar-refractivity contribution in [3.8, 4) is 11.1 Å². The van der Waals surface area contributed by atoms with Gasteiger partial charge < -0.3 is 36.2 Å². The largest absolute Gasteiger partial charge is 0.480 e. The highest BCUT2D eigenvalue weighted by molar-refractivity contribution is 5.94. The first-order valence-electron chi connectivity index (χ1n) is 15.4. The Morgan fingerprint density at radius 2 is 1.30 bits per heavy atom. The van der Waals surface area contributed by atoms with Crippen molar-refractivity contribution in [3.63, 3.8) is 0 Å². The van der Waals surface area contributed by atoms with E-state index in [0.29, 0.717) is 5.56 Å². The molecule has 6 N–H and O–H groups in total. The molecule has 0 unspecified atom stereocenters. The third-order valence-electron chi connectivity index (χ3n) is 7.81. The van der Waals surface area contributed by atoms with Crippen molar-refractivity contribution in [3.05, 3.63) is 95.6 Å². The van der Waals surface area contributed by atoms with Crippen LogP contribution in [0, 0.1) is 5.92 Å². The van der Waals surface area contributed by atoms with Crippen LogP contribution >= 0.6 is 0 Å². The number of carbonyl (C=O) groups excluding carboxylic acids is 4. The van der Waals surface area contributed by atoms with Crippen LogP contribution in [0.5, 0.6) is 0 Å². The van der Waals surface area contributed by atoms with E-state index in [1.807, 2.05) is 62.4 Å². The Bertz CT molecular complexity index is 1530. The van der Waals surface area contributed by atoms with E-state index in [1.54, 1.807) is 30.3 Å². The van der Waals surface area contributed by atoms with Crippen LogP contribution in [0.15, 0.2) is 78.9 Å². The van der Waals surface area contributed by atoms with Crippen LogP contribution < -0.4 is 21.3 Å². The van der Waals surface area contributed by atoms with Crippen LogP contribution in [0.2, 0.25) is 0 Å². The fraction of sp³-hybridized carbons (Fsp3) is 0.343. The monoisotopic (exact) mass is 644 g/mol. The number of aliphatic hydroxyl groups is 1. The molecule has 3 aromatic rings. The first-order chi connectivity index (χ1) is 22.6. The van der Waals surface area contributed by atoms with Gasteiger partial charge in [-0.05, 0) is 40.2 Å². The van der Waals surface area contributed by atoms with E-state index < -0.39 is 61.1 Å². The number of benzene rings is 3. The van der Waals surface area contributed by atoms with Gasteiger partial charge in [-0.2, -0.15) is 0 Å².